The molecule has 1 aliphatic heterocycles. The summed E-state index contributed by atoms with van der Waals surface area (Å²) in [6.45, 7) is 8.97. The average Bonchev–Trinajstić information content (AvgIpc) is 2.26. The van der Waals surface area contributed by atoms with Crippen LogP contribution in [0, 0.1) is 0 Å². The fourth-order valence-corrected chi connectivity index (χ4v) is 1.85. The number of aliphatic hydroxyl groups excluding tert-OH is 1. The molecule has 0 spiro atoms. The van der Waals surface area contributed by atoms with E-state index in [9.17, 15) is 0 Å². The van der Waals surface area contributed by atoms with Crippen LogP contribution < -0.4 is 5.32 Å². The number of nitrogens with zero attached hydrogens (tertiary/aromatic N) is 1. The molecule has 0 radical (unpaired) electrons. The monoisotopic (exact) mass is 186 g/mol. The Balaban J connectivity index is 2.51. The molecule has 0 amide bonds. The van der Waals surface area contributed by atoms with Gasteiger partial charge in [0.1, 0.15) is 0 Å². The van der Waals surface area contributed by atoms with Crippen molar-refractivity contribution in [3.63, 3.8) is 0 Å². The molecule has 0 bridgehead atoms. The fraction of sp³-hybridized carbons (Fsp3) is 1.00. The molecule has 1 rings (SSSR count). The summed E-state index contributed by atoms with van der Waals surface area (Å²) in [5, 5.41) is 12.6. The first-order valence-electron chi connectivity index (χ1n) is 5.24. The Kier molecular flexibility index (Phi) is 4.16. The number of hydrogen-bond donors (Lipinski definition) is 2. The lowest BCUT2D eigenvalue weighted by Crippen LogP contribution is -2.44. The Labute approximate surface area is 81.1 Å². The van der Waals surface area contributed by atoms with Gasteiger partial charge in [-0.2, -0.15) is 0 Å². The normalized spacial score (nSPS) is 32.1. The molecule has 2 unspecified atom stereocenters. The smallest absolute Gasteiger partial charge is 0.0597 e. The lowest BCUT2D eigenvalue weighted by Gasteiger charge is -2.26. The molecule has 0 saturated carbocycles. The summed E-state index contributed by atoms with van der Waals surface area (Å²) in [5.41, 5.74) is 0. The molecule has 1 saturated heterocycles. The molecule has 0 aromatic heterocycles. The van der Waals surface area contributed by atoms with Gasteiger partial charge in [0.15, 0.2) is 0 Å². The van der Waals surface area contributed by atoms with E-state index in [1.54, 1.807) is 0 Å². The Hall–Kier alpha value is -0.120. The summed E-state index contributed by atoms with van der Waals surface area (Å²) in [4.78, 5) is 2.43. The fourth-order valence-electron chi connectivity index (χ4n) is 1.85. The third kappa shape index (κ3) is 3.25. The molecule has 0 aromatic rings. The number of hydrogen-bond acceptors (Lipinski definition) is 3. The quantitative estimate of drug-likeness (QED) is 0.657. The minimum atomic E-state index is 0.244. The van der Waals surface area contributed by atoms with Gasteiger partial charge in [0.25, 0.3) is 0 Å². The van der Waals surface area contributed by atoms with Crippen LogP contribution in [0.15, 0.2) is 0 Å². The SMILES string of the molecule is CC1CCN(C(C)C)CC(CO)N1. The highest BCUT2D eigenvalue weighted by molar-refractivity contribution is 4.81. The molecule has 1 fully saturated rings. The highest BCUT2D eigenvalue weighted by Crippen LogP contribution is 2.08. The Bertz CT molecular complexity index is 150. The molecule has 3 nitrogen and oxygen atoms in total. The van der Waals surface area contributed by atoms with Crippen LogP contribution in [0.2, 0.25) is 0 Å². The molecule has 2 atom stereocenters. The Morgan fingerprint density at radius 1 is 1.54 bits per heavy atom. The van der Waals surface area contributed by atoms with Gasteiger partial charge in [0, 0.05) is 24.7 Å². The van der Waals surface area contributed by atoms with Gasteiger partial charge in [-0.15, -0.1) is 0 Å². The van der Waals surface area contributed by atoms with E-state index in [0.29, 0.717) is 12.1 Å². The van der Waals surface area contributed by atoms with Crippen LogP contribution in [0.25, 0.3) is 0 Å². The number of nitrogens with one attached hydrogen (secondary N) is 1. The van der Waals surface area contributed by atoms with Gasteiger partial charge in [0.2, 0.25) is 0 Å². The number of rotatable bonds is 2. The largest absolute Gasteiger partial charge is 0.395 e. The van der Waals surface area contributed by atoms with E-state index in [1.165, 1.54) is 6.42 Å². The standard InChI is InChI=1S/C10H22N2O/c1-8(2)12-5-4-9(3)11-10(6-12)7-13/h8-11,13H,4-7H2,1-3H3. The Morgan fingerprint density at radius 3 is 2.77 bits per heavy atom. The van der Waals surface area contributed by atoms with Crippen molar-refractivity contribution in [1.29, 1.82) is 0 Å². The van der Waals surface area contributed by atoms with Crippen molar-refractivity contribution >= 4 is 0 Å². The van der Waals surface area contributed by atoms with Crippen molar-refractivity contribution in [2.75, 3.05) is 19.7 Å². The molecule has 78 valence electrons. The van der Waals surface area contributed by atoms with Gasteiger partial charge in [-0.1, -0.05) is 0 Å². The third-order valence-corrected chi connectivity index (χ3v) is 2.78. The predicted molar refractivity (Wildman–Crippen MR) is 54.8 cm³/mol. The Morgan fingerprint density at radius 2 is 2.23 bits per heavy atom. The van der Waals surface area contributed by atoms with Gasteiger partial charge >= 0.3 is 0 Å². The minimum Gasteiger partial charge on any atom is -0.395 e. The molecule has 13 heavy (non-hydrogen) atoms. The van der Waals surface area contributed by atoms with Crippen molar-refractivity contribution in [2.45, 2.75) is 45.3 Å². The van der Waals surface area contributed by atoms with Crippen molar-refractivity contribution in [3.8, 4) is 0 Å². The second-order valence-corrected chi connectivity index (χ2v) is 4.32. The molecule has 1 heterocycles. The van der Waals surface area contributed by atoms with Gasteiger partial charge in [-0.25, -0.2) is 0 Å². The van der Waals surface area contributed by atoms with Crippen LogP contribution >= 0.6 is 0 Å². The minimum absolute atomic E-state index is 0.244. The van der Waals surface area contributed by atoms with E-state index in [0.717, 1.165) is 13.1 Å². The summed E-state index contributed by atoms with van der Waals surface area (Å²) in [5.74, 6) is 0. The van der Waals surface area contributed by atoms with Crippen molar-refractivity contribution in [2.24, 2.45) is 0 Å². The van der Waals surface area contributed by atoms with E-state index < -0.39 is 0 Å². The van der Waals surface area contributed by atoms with E-state index in [4.69, 9.17) is 5.11 Å². The van der Waals surface area contributed by atoms with Crippen LogP contribution in [-0.4, -0.2) is 47.8 Å². The van der Waals surface area contributed by atoms with E-state index in [-0.39, 0.29) is 12.6 Å². The zero-order valence-electron chi connectivity index (χ0n) is 8.95. The highest BCUT2D eigenvalue weighted by Gasteiger charge is 2.21. The average molecular weight is 186 g/mol. The molecule has 3 heteroatoms. The molecule has 0 aromatic carbocycles. The summed E-state index contributed by atoms with van der Waals surface area (Å²) in [7, 11) is 0. The zero-order chi connectivity index (χ0) is 9.84. The van der Waals surface area contributed by atoms with Crippen molar-refractivity contribution in [1.82, 2.24) is 10.2 Å². The topological polar surface area (TPSA) is 35.5 Å². The van der Waals surface area contributed by atoms with Crippen LogP contribution in [0.3, 0.4) is 0 Å². The predicted octanol–water partition coefficient (Wildman–Crippen LogP) is 0.439. The molecular formula is C10H22N2O. The van der Waals surface area contributed by atoms with E-state index in [1.807, 2.05) is 0 Å². The van der Waals surface area contributed by atoms with Gasteiger partial charge in [-0.3, -0.25) is 4.90 Å². The van der Waals surface area contributed by atoms with E-state index >= 15 is 0 Å². The summed E-state index contributed by atoms with van der Waals surface area (Å²) < 4.78 is 0. The van der Waals surface area contributed by atoms with E-state index in [2.05, 4.69) is 31.0 Å². The van der Waals surface area contributed by atoms with Gasteiger partial charge in [0.05, 0.1) is 6.61 Å². The maximum absolute atomic E-state index is 9.14. The van der Waals surface area contributed by atoms with Crippen LogP contribution in [0.5, 0.6) is 0 Å². The first kappa shape index (κ1) is 11.0. The van der Waals surface area contributed by atoms with Crippen molar-refractivity contribution < 1.29 is 5.11 Å². The molecule has 1 aliphatic rings. The lowest BCUT2D eigenvalue weighted by atomic mass is 10.2. The molecule has 2 N–H and O–H groups in total. The van der Waals surface area contributed by atoms with Crippen LogP contribution in [0.1, 0.15) is 27.2 Å². The zero-order valence-corrected chi connectivity index (χ0v) is 8.95. The second kappa shape index (κ2) is 4.94. The lowest BCUT2D eigenvalue weighted by molar-refractivity contribution is 0.176. The third-order valence-electron chi connectivity index (χ3n) is 2.78. The maximum atomic E-state index is 9.14. The number of aliphatic hydroxyl groups is 1. The molecular weight excluding hydrogens is 164 g/mol. The highest BCUT2D eigenvalue weighted by atomic mass is 16.3. The summed E-state index contributed by atoms with van der Waals surface area (Å²) in [6, 6.07) is 1.36. The second-order valence-electron chi connectivity index (χ2n) is 4.32. The van der Waals surface area contributed by atoms with Crippen LogP contribution in [-0.2, 0) is 0 Å². The van der Waals surface area contributed by atoms with Gasteiger partial charge < -0.3 is 10.4 Å². The van der Waals surface area contributed by atoms with Gasteiger partial charge in [-0.05, 0) is 33.7 Å². The summed E-state index contributed by atoms with van der Waals surface area (Å²) >= 11 is 0. The molecule has 0 aliphatic carbocycles. The van der Waals surface area contributed by atoms with Crippen molar-refractivity contribution in [3.05, 3.63) is 0 Å². The maximum Gasteiger partial charge on any atom is 0.0597 e. The first-order chi connectivity index (χ1) is 6.13. The first-order valence-corrected chi connectivity index (χ1v) is 5.24. The van der Waals surface area contributed by atoms with Crippen LogP contribution in [0.4, 0.5) is 0 Å². The summed E-state index contributed by atoms with van der Waals surface area (Å²) in [6.07, 6.45) is 1.18.